The van der Waals surface area contributed by atoms with Gasteiger partial charge in [-0.15, -0.1) is 0 Å². The Morgan fingerprint density at radius 1 is 1.21 bits per heavy atom. The van der Waals surface area contributed by atoms with Crippen molar-refractivity contribution >= 4 is 21.5 Å². The SMILES string of the molecule is C[C@@H]1CN(c2ccc(S(C)(=O)=O)cc2F)CCN1c1ncccn1. The van der Waals surface area contributed by atoms with Gasteiger partial charge in [0.25, 0.3) is 0 Å². The van der Waals surface area contributed by atoms with Crippen molar-refractivity contribution in [1.29, 1.82) is 0 Å². The van der Waals surface area contributed by atoms with E-state index in [0.29, 0.717) is 31.3 Å². The average molecular weight is 350 g/mol. The fourth-order valence-corrected chi connectivity index (χ4v) is 3.52. The van der Waals surface area contributed by atoms with E-state index in [9.17, 15) is 12.8 Å². The van der Waals surface area contributed by atoms with Gasteiger partial charge in [-0.2, -0.15) is 0 Å². The highest BCUT2D eigenvalue weighted by atomic mass is 32.2. The molecule has 0 unspecified atom stereocenters. The summed E-state index contributed by atoms with van der Waals surface area (Å²) in [4.78, 5) is 12.5. The van der Waals surface area contributed by atoms with E-state index < -0.39 is 15.7 Å². The second-order valence-electron chi connectivity index (χ2n) is 5.92. The first kappa shape index (κ1) is 16.6. The first-order chi connectivity index (χ1) is 11.4. The quantitative estimate of drug-likeness (QED) is 0.840. The molecule has 1 aliphatic heterocycles. The second-order valence-corrected chi connectivity index (χ2v) is 7.94. The number of benzene rings is 1. The van der Waals surface area contributed by atoms with E-state index in [4.69, 9.17) is 0 Å². The number of hydrogen-bond donors (Lipinski definition) is 0. The maximum atomic E-state index is 14.4. The van der Waals surface area contributed by atoms with Gasteiger partial charge < -0.3 is 9.80 Å². The highest BCUT2D eigenvalue weighted by Gasteiger charge is 2.27. The van der Waals surface area contributed by atoms with Crippen molar-refractivity contribution in [2.24, 2.45) is 0 Å². The van der Waals surface area contributed by atoms with Crippen LogP contribution in [0.25, 0.3) is 0 Å². The highest BCUT2D eigenvalue weighted by Crippen LogP contribution is 2.26. The van der Waals surface area contributed by atoms with Gasteiger partial charge in [0.15, 0.2) is 9.84 Å². The van der Waals surface area contributed by atoms with E-state index in [2.05, 4.69) is 14.9 Å². The summed E-state index contributed by atoms with van der Waals surface area (Å²) in [5, 5.41) is 0. The maximum Gasteiger partial charge on any atom is 0.225 e. The standard InChI is InChI=1S/C16H19FN4O2S/c1-12-11-20(8-9-21(12)16-18-6-3-7-19-16)15-5-4-13(10-14(15)17)24(2,22)23/h3-7,10,12H,8-9,11H2,1-2H3/t12-/m1/s1. The summed E-state index contributed by atoms with van der Waals surface area (Å²) >= 11 is 0. The molecule has 6 nitrogen and oxygen atoms in total. The number of aromatic nitrogens is 2. The number of halogens is 1. The molecule has 2 aromatic rings. The first-order valence-corrected chi connectivity index (χ1v) is 9.53. The van der Waals surface area contributed by atoms with Gasteiger partial charge >= 0.3 is 0 Å². The largest absolute Gasteiger partial charge is 0.365 e. The van der Waals surface area contributed by atoms with Crippen LogP contribution in [0.2, 0.25) is 0 Å². The number of sulfone groups is 1. The van der Waals surface area contributed by atoms with Gasteiger partial charge in [-0.05, 0) is 31.2 Å². The summed E-state index contributed by atoms with van der Waals surface area (Å²) in [6, 6.07) is 5.94. The number of anilines is 2. The van der Waals surface area contributed by atoms with Crippen molar-refractivity contribution < 1.29 is 12.8 Å². The smallest absolute Gasteiger partial charge is 0.225 e. The van der Waals surface area contributed by atoms with Crippen LogP contribution < -0.4 is 9.80 Å². The van der Waals surface area contributed by atoms with Gasteiger partial charge in [-0.1, -0.05) is 0 Å². The molecule has 0 radical (unpaired) electrons. The van der Waals surface area contributed by atoms with Crippen molar-refractivity contribution in [2.45, 2.75) is 17.9 Å². The number of hydrogen-bond acceptors (Lipinski definition) is 6. The molecule has 0 spiro atoms. The van der Waals surface area contributed by atoms with Gasteiger partial charge in [-0.25, -0.2) is 22.8 Å². The molecule has 0 aliphatic carbocycles. The molecule has 24 heavy (non-hydrogen) atoms. The molecule has 1 fully saturated rings. The average Bonchev–Trinajstić information content (AvgIpc) is 2.54. The fraction of sp³-hybridized carbons (Fsp3) is 0.375. The molecule has 0 amide bonds. The molecule has 1 atom stereocenters. The second kappa shape index (κ2) is 6.35. The molecule has 3 rings (SSSR count). The van der Waals surface area contributed by atoms with Crippen LogP contribution >= 0.6 is 0 Å². The Bertz CT molecular complexity index is 829. The predicted octanol–water partition coefficient (Wildman–Crippen LogP) is 1.73. The van der Waals surface area contributed by atoms with Crippen LogP contribution in [-0.4, -0.2) is 50.3 Å². The predicted molar refractivity (Wildman–Crippen MR) is 90.6 cm³/mol. The van der Waals surface area contributed by atoms with E-state index in [1.54, 1.807) is 18.5 Å². The third kappa shape index (κ3) is 3.33. The Hall–Kier alpha value is -2.22. The van der Waals surface area contributed by atoms with E-state index in [1.807, 2.05) is 11.8 Å². The molecular formula is C16H19FN4O2S. The summed E-state index contributed by atoms with van der Waals surface area (Å²) in [6.07, 6.45) is 4.47. The molecule has 128 valence electrons. The summed E-state index contributed by atoms with van der Waals surface area (Å²) < 4.78 is 37.4. The molecule has 8 heteroatoms. The normalized spacial score (nSPS) is 18.7. The van der Waals surface area contributed by atoms with Crippen LogP contribution in [0.4, 0.5) is 16.0 Å². The van der Waals surface area contributed by atoms with E-state index in [1.165, 1.54) is 12.1 Å². The van der Waals surface area contributed by atoms with Gasteiger partial charge in [0.1, 0.15) is 5.82 Å². The maximum absolute atomic E-state index is 14.4. The van der Waals surface area contributed by atoms with Crippen LogP contribution in [0, 0.1) is 5.82 Å². The first-order valence-electron chi connectivity index (χ1n) is 7.64. The Morgan fingerprint density at radius 2 is 1.92 bits per heavy atom. The van der Waals surface area contributed by atoms with E-state index in [0.717, 1.165) is 12.3 Å². The monoisotopic (exact) mass is 350 g/mol. The molecular weight excluding hydrogens is 331 g/mol. The Balaban J connectivity index is 1.79. The van der Waals surface area contributed by atoms with Crippen molar-refractivity contribution in [3.8, 4) is 0 Å². The molecule has 0 bridgehead atoms. The van der Waals surface area contributed by atoms with Crippen molar-refractivity contribution in [2.75, 3.05) is 35.7 Å². The minimum Gasteiger partial charge on any atom is -0.365 e. The van der Waals surface area contributed by atoms with Crippen molar-refractivity contribution in [1.82, 2.24) is 9.97 Å². The zero-order chi connectivity index (χ0) is 17.3. The molecule has 1 saturated heterocycles. The zero-order valence-electron chi connectivity index (χ0n) is 13.6. The van der Waals surface area contributed by atoms with Gasteiger partial charge in [0.2, 0.25) is 5.95 Å². The van der Waals surface area contributed by atoms with Crippen molar-refractivity contribution in [3.05, 3.63) is 42.5 Å². The lowest BCUT2D eigenvalue weighted by Crippen LogP contribution is -2.53. The Morgan fingerprint density at radius 3 is 2.50 bits per heavy atom. The minimum absolute atomic E-state index is 0.00637. The molecule has 1 aromatic heterocycles. The van der Waals surface area contributed by atoms with Gasteiger partial charge in [0.05, 0.1) is 10.6 Å². The van der Waals surface area contributed by atoms with E-state index in [-0.39, 0.29) is 10.9 Å². The van der Waals surface area contributed by atoms with Crippen LogP contribution in [0.15, 0.2) is 41.6 Å². The van der Waals surface area contributed by atoms with Gasteiger partial charge in [-0.3, -0.25) is 0 Å². The summed E-state index contributed by atoms with van der Waals surface area (Å²) in [5.74, 6) is 0.145. The highest BCUT2D eigenvalue weighted by molar-refractivity contribution is 7.90. The molecule has 1 aromatic carbocycles. The molecule has 2 heterocycles. The van der Waals surface area contributed by atoms with Gasteiger partial charge in [0, 0.05) is 44.3 Å². The number of piperazine rings is 1. The van der Waals surface area contributed by atoms with Crippen LogP contribution in [0.1, 0.15) is 6.92 Å². The topological polar surface area (TPSA) is 66.4 Å². The number of nitrogens with zero attached hydrogens (tertiary/aromatic N) is 4. The lowest BCUT2D eigenvalue weighted by molar-refractivity contribution is 0.528. The molecule has 1 aliphatic rings. The minimum atomic E-state index is -3.41. The van der Waals surface area contributed by atoms with E-state index >= 15 is 0 Å². The fourth-order valence-electron chi connectivity index (χ4n) is 2.89. The molecule has 0 saturated carbocycles. The summed E-state index contributed by atoms with van der Waals surface area (Å²) in [7, 11) is -3.41. The lowest BCUT2D eigenvalue weighted by atomic mass is 10.1. The molecule has 0 N–H and O–H groups in total. The Labute approximate surface area is 140 Å². The van der Waals surface area contributed by atoms with Crippen molar-refractivity contribution in [3.63, 3.8) is 0 Å². The van der Waals surface area contributed by atoms with Crippen LogP contribution in [-0.2, 0) is 9.84 Å². The zero-order valence-corrected chi connectivity index (χ0v) is 14.4. The summed E-state index contributed by atoms with van der Waals surface area (Å²) in [5.41, 5.74) is 0.419. The lowest BCUT2D eigenvalue weighted by Gasteiger charge is -2.41. The van der Waals surface area contributed by atoms with Crippen LogP contribution in [0.5, 0.6) is 0 Å². The summed E-state index contributed by atoms with van der Waals surface area (Å²) in [6.45, 7) is 3.91. The number of rotatable bonds is 3. The van der Waals surface area contributed by atoms with Crippen LogP contribution in [0.3, 0.4) is 0 Å². The third-order valence-electron chi connectivity index (χ3n) is 4.12. The third-order valence-corrected chi connectivity index (χ3v) is 5.23. The Kier molecular flexibility index (Phi) is 4.40.